The predicted octanol–water partition coefficient (Wildman–Crippen LogP) is 3.86. The summed E-state index contributed by atoms with van der Waals surface area (Å²) in [6, 6.07) is 12.5. The standard InChI is InChI=1S/C22H17N5O4S3/c28-20(18(13-15-3-1-9-23-14-15)26-21(29)19-4-2-11-32-19)25-16-5-7-17(8-6-16)34(30,31)27-22-24-10-12-33-22/h1-12,14H,13H2,(H,24,27)(H,25,28). The van der Waals surface area contributed by atoms with Crippen LogP contribution in [0.15, 0.2) is 87.8 Å². The number of carbonyl (C=O) groups excluding carboxylic acids is 2. The van der Waals surface area contributed by atoms with Crippen LogP contribution < -0.4 is 10.0 Å². The number of anilines is 2. The van der Waals surface area contributed by atoms with E-state index in [4.69, 9.17) is 0 Å². The van der Waals surface area contributed by atoms with Crippen molar-refractivity contribution in [1.82, 2.24) is 9.97 Å². The first-order valence-electron chi connectivity index (χ1n) is 9.79. The van der Waals surface area contributed by atoms with Gasteiger partial charge in [-0.1, -0.05) is 12.1 Å². The van der Waals surface area contributed by atoms with Crippen LogP contribution in [0.1, 0.15) is 15.2 Å². The van der Waals surface area contributed by atoms with Crippen LogP contribution in [0.5, 0.6) is 0 Å². The van der Waals surface area contributed by atoms with E-state index in [9.17, 15) is 18.0 Å². The molecular formula is C22H17N5O4S3. The van der Waals surface area contributed by atoms with E-state index in [1.807, 2.05) is 0 Å². The van der Waals surface area contributed by atoms with E-state index >= 15 is 0 Å². The summed E-state index contributed by atoms with van der Waals surface area (Å²) in [4.78, 5) is 37.9. The maximum atomic E-state index is 13.0. The molecule has 0 fully saturated rings. The fourth-order valence-electron chi connectivity index (χ4n) is 2.81. The minimum Gasteiger partial charge on any atom is -0.321 e. The minimum atomic E-state index is -3.82. The number of nitrogens with zero attached hydrogens (tertiary/aromatic N) is 3. The number of pyridine rings is 1. The van der Waals surface area contributed by atoms with Crippen LogP contribution in [-0.2, 0) is 21.2 Å². The highest BCUT2D eigenvalue weighted by Gasteiger charge is 2.18. The second kappa shape index (κ2) is 10.5. The summed E-state index contributed by atoms with van der Waals surface area (Å²) in [5.41, 5.74) is 1.07. The Balaban J connectivity index is 1.52. The van der Waals surface area contributed by atoms with Gasteiger partial charge in [-0.05, 0) is 47.3 Å². The van der Waals surface area contributed by atoms with Gasteiger partial charge in [-0.25, -0.2) is 18.4 Å². The highest BCUT2D eigenvalue weighted by molar-refractivity contribution is 7.93. The highest BCUT2D eigenvalue weighted by Crippen LogP contribution is 2.20. The molecule has 4 aromatic rings. The Kier molecular flexibility index (Phi) is 7.21. The smallest absolute Gasteiger partial charge is 0.287 e. The molecule has 0 aliphatic heterocycles. The molecule has 0 bridgehead atoms. The molecular weight excluding hydrogens is 494 g/mol. The van der Waals surface area contributed by atoms with Crippen molar-refractivity contribution in [3.8, 4) is 0 Å². The number of rotatable bonds is 8. The molecule has 3 aromatic heterocycles. The topological polar surface area (TPSA) is 130 Å². The molecule has 4 rings (SSSR count). The molecule has 12 heteroatoms. The van der Waals surface area contributed by atoms with Gasteiger partial charge in [-0.3, -0.25) is 19.3 Å². The molecule has 0 unspecified atom stereocenters. The molecule has 0 atom stereocenters. The molecule has 0 aliphatic carbocycles. The molecule has 2 amide bonds. The zero-order chi connectivity index (χ0) is 24.0. The second-order valence-corrected chi connectivity index (χ2v) is 10.3. The zero-order valence-corrected chi connectivity index (χ0v) is 19.9. The maximum Gasteiger partial charge on any atom is 0.287 e. The third kappa shape index (κ3) is 5.98. The predicted molar refractivity (Wildman–Crippen MR) is 132 cm³/mol. The molecule has 34 heavy (non-hydrogen) atoms. The Bertz CT molecular complexity index is 1400. The summed E-state index contributed by atoms with van der Waals surface area (Å²) in [6.45, 7) is 0. The Labute approximate surface area is 203 Å². The molecule has 2 N–H and O–H groups in total. The Morgan fingerprint density at radius 1 is 0.971 bits per heavy atom. The first-order valence-corrected chi connectivity index (χ1v) is 13.0. The van der Waals surface area contributed by atoms with Crippen LogP contribution in [0.3, 0.4) is 0 Å². The fourth-order valence-corrected chi connectivity index (χ4v) is 5.21. The van der Waals surface area contributed by atoms with E-state index < -0.39 is 21.8 Å². The van der Waals surface area contributed by atoms with Crippen molar-refractivity contribution in [2.75, 3.05) is 10.0 Å². The van der Waals surface area contributed by atoms with E-state index in [2.05, 4.69) is 25.0 Å². The number of benzene rings is 1. The zero-order valence-electron chi connectivity index (χ0n) is 17.4. The van der Waals surface area contributed by atoms with Crippen molar-refractivity contribution in [3.05, 3.63) is 88.3 Å². The van der Waals surface area contributed by atoms with Crippen LogP contribution in [0.2, 0.25) is 0 Å². The molecule has 0 saturated heterocycles. The number of aliphatic imine (C=N–C) groups is 1. The molecule has 0 spiro atoms. The summed E-state index contributed by atoms with van der Waals surface area (Å²) in [5, 5.41) is 6.34. The van der Waals surface area contributed by atoms with E-state index in [1.165, 1.54) is 41.8 Å². The number of hydrogen-bond donors (Lipinski definition) is 2. The van der Waals surface area contributed by atoms with Gasteiger partial charge in [0.05, 0.1) is 9.77 Å². The number of thiazole rings is 1. The Morgan fingerprint density at radius 2 is 1.79 bits per heavy atom. The minimum absolute atomic E-state index is 0.00790. The molecule has 1 aromatic carbocycles. The van der Waals surface area contributed by atoms with Gasteiger partial charge < -0.3 is 5.32 Å². The van der Waals surface area contributed by atoms with Gasteiger partial charge in [0, 0.05) is 36.1 Å². The fraction of sp³-hybridized carbons (Fsp3) is 0.0455. The number of sulfonamides is 1. The average Bonchev–Trinajstić information content (AvgIpc) is 3.54. The van der Waals surface area contributed by atoms with Crippen LogP contribution in [-0.4, -0.2) is 35.9 Å². The lowest BCUT2D eigenvalue weighted by molar-refractivity contribution is -0.110. The number of amides is 2. The lowest BCUT2D eigenvalue weighted by Gasteiger charge is -2.10. The maximum absolute atomic E-state index is 13.0. The molecule has 9 nitrogen and oxygen atoms in total. The van der Waals surface area contributed by atoms with Gasteiger partial charge >= 0.3 is 0 Å². The van der Waals surface area contributed by atoms with Crippen LogP contribution in [0.4, 0.5) is 10.8 Å². The first kappa shape index (κ1) is 23.4. The largest absolute Gasteiger partial charge is 0.321 e. The van der Waals surface area contributed by atoms with Crippen LogP contribution in [0.25, 0.3) is 0 Å². The number of thiophene rings is 1. The van der Waals surface area contributed by atoms with Gasteiger partial charge in [0.1, 0.15) is 5.71 Å². The average molecular weight is 512 g/mol. The van der Waals surface area contributed by atoms with Crippen molar-refractivity contribution >= 4 is 61.0 Å². The van der Waals surface area contributed by atoms with Crippen molar-refractivity contribution in [2.24, 2.45) is 4.99 Å². The first-order chi connectivity index (χ1) is 16.4. The summed E-state index contributed by atoms with van der Waals surface area (Å²) in [5.74, 6) is -1.09. The molecule has 0 aliphatic rings. The highest BCUT2D eigenvalue weighted by atomic mass is 32.2. The molecule has 3 heterocycles. The van der Waals surface area contributed by atoms with Gasteiger partial charge in [0.2, 0.25) is 0 Å². The lowest BCUT2D eigenvalue weighted by atomic mass is 10.1. The number of carbonyl (C=O) groups is 2. The van der Waals surface area contributed by atoms with Crippen molar-refractivity contribution in [1.29, 1.82) is 0 Å². The van der Waals surface area contributed by atoms with Gasteiger partial charge in [0.15, 0.2) is 5.13 Å². The summed E-state index contributed by atoms with van der Waals surface area (Å²) < 4.78 is 27.4. The van der Waals surface area contributed by atoms with Gasteiger partial charge in [-0.15, -0.1) is 22.7 Å². The van der Waals surface area contributed by atoms with E-state index in [1.54, 1.807) is 47.4 Å². The van der Waals surface area contributed by atoms with Crippen molar-refractivity contribution < 1.29 is 18.0 Å². The summed E-state index contributed by atoms with van der Waals surface area (Å²) >= 11 is 2.39. The SMILES string of the molecule is O=C(Nc1ccc(S(=O)(=O)Nc2nccs2)cc1)C(Cc1cccnc1)=NC(=O)c1cccs1. The van der Waals surface area contributed by atoms with Crippen LogP contribution >= 0.6 is 22.7 Å². The van der Waals surface area contributed by atoms with E-state index in [-0.39, 0.29) is 22.2 Å². The lowest BCUT2D eigenvalue weighted by Crippen LogP contribution is -2.26. The summed E-state index contributed by atoms with van der Waals surface area (Å²) in [7, 11) is -3.82. The van der Waals surface area contributed by atoms with E-state index in [0.29, 0.717) is 16.1 Å². The normalized spacial score (nSPS) is 11.7. The molecule has 0 saturated carbocycles. The quantitative estimate of drug-likeness (QED) is 0.346. The monoisotopic (exact) mass is 511 g/mol. The Hall–Kier alpha value is -3.74. The number of aromatic nitrogens is 2. The third-order valence-electron chi connectivity index (χ3n) is 4.40. The number of hydrogen-bond acceptors (Lipinski definition) is 8. The van der Waals surface area contributed by atoms with Gasteiger partial charge in [-0.2, -0.15) is 0 Å². The number of nitrogens with one attached hydrogen (secondary N) is 2. The Morgan fingerprint density at radius 3 is 2.44 bits per heavy atom. The van der Waals surface area contributed by atoms with E-state index in [0.717, 1.165) is 11.3 Å². The second-order valence-electron chi connectivity index (χ2n) is 6.80. The molecule has 0 radical (unpaired) electrons. The third-order valence-corrected chi connectivity index (χ3v) is 7.43. The van der Waals surface area contributed by atoms with Crippen molar-refractivity contribution in [2.45, 2.75) is 11.3 Å². The van der Waals surface area contributed by atoms with Crippen LogP contribution in [0, 0.1) is 0 Å². The molecule has 172 valence electrons. The van der Waals surface area contributed by atoms with Gasteiger partial charge in [0.25, 0.3) is 21.8 Å². The summed E-state index contributed by atoms with van der Waals surface area (Å²) in [6.07, 6.45) is 4.79. The van der Waals surface area contributed by atoms with Crippen molar-refractivity contribution in [3.63, 3.8) is 0 Å².